The van der Waals surface area contributed by atoms with Gasteiger partial charge in [-0.15, -0.1) is 0 Å². The fraction of sp³-hybridized carbons (Fsp3) is 0.444. The minimum absolute atomic E-state index is 0.513. The summed E-state index contributed by atoms with van der Waals surface area (Å²) in [6, 6.07) is 11.4. The second kappa shape index (κ2) is 5.19. The number of benzene rings is 1. The summed E-state index contributed by atoms with van der Waals surface area (Å²) in [5.74, 6) is 0. The average Bonchev–Trinajstić information content (AvgIpc) is 3.09. The van der Waals surface area contributed by atoms with Crippen molar-refractivity contribution < 1.29 is 4.74 Å². The van der Waals surface area contributed by atoms with Gasteiger partial charge in [-0.2, -0.15) is 0 Å². The van der Waals surface area contributed by atoms with E-state index in [9.17, 15) is 0 Å². The molecule has 1 atom stereocenters. The molecule has 2 nitrogen and oxygen atoms in total. The number of hydrogen-bond acceptors (Lipinski definition) is 2. The number of allylic oxidation sites excluding steroid dienone is 2. The van der Waals surface area contributed by atoms with E-state index < -0.39 is 0 Å². The van der Waals surface area contributed by atoms with Crippen LogP contribution < -0.4 is 0 Å². The number of hydrogen-bond donors (Lipinski definition) is 0. The Morgan fingerprint density at radius 1 is 1.00 bits per heavy atom. The monoisotopic (exact) mass is 267 g/mol. The molecule has 0 bridgehead atoms. The summed E-state index contributed by atoms with van der Waals surface area (Å²) in [7, 11) is 0. The van der Waals surface area contributed by atoms with Gasteiger partial charge in [0, 0.05) is 13.1 Å². The third kappa shape index (κ3) is 2.04. The fourth-order valence-electron chi connectivity index (χ4n) is 3.85. The predicted molar refractivity (Wildman–Crippen MR) is 81.5 cm³/mol. The van der Waals surface area contributed by atoms with Gasteiger partial charge >= 0.3 is 0 Å². The first-order valence-corrected chi connectivity index (χ1v) is 7.74. The Balaban J connectivity index is 1.70. The lowest BCUT2D eigenvalue weighted by molar-refractivity contribution is 0.0328. The highest BCUT2D eigenvalue weighted by molar-refractivity contribution is 5.79. The summed E-state index contributed by atoms with van der Waals surface area (Å²) in [4.78, 5) is 2.62. The molecule has 2 aliphatic carbocycles. The summed E-state index contributed by atoms with van der Waals surface area (Å²) >= 11 is 0. The molecule has 4 rings (SSSR count). The highest BCUT2D eigenvalue weighted by atomic mass is 16.5. The zero-order chi connectivity index (χ0) is 13.4. The van der Waals surface area contributed by atoms with Crippen LogP contribution in [-0.2, 0) is 4.74 Å². The Hall–Kier alpha value is -1.38. The third-order valence-electron chi connectivity index (χ3n) is 4.78. The van der Waals surface area contributed by atoms with Crippen LogP contribution in [0.5, 0.6) is 0 Å². The van der Waals surface area contributed by atoms with Gasteiger partial charge in [0.25, 0.3) is 0 Å². The lowest BCUT2D eigenvalue weighted by Crippen LogP contribution is -2.44. The molecular weight excluding hydrogens is 246 g/mol. The molecule has 1 fully saturated rings. The molecule has 2 heteroatoms. The molecule has 20 heavy (non-hydrogen) atoms. The van der Waals surface area contributed by atoms with Gasteiger partial charge in [-0.1, -0.05) is 36.4 Å². The van der Waals surface area contributed by atoms with Crippen LogP contribution in [0, 0.1) is 0 Å². The van der Waals surface area contributed by atoms with E-state index in [1.54, 1.807) is 11.1 Å². The van der Waals surface area contributed by atoms with Gasteiger partial charge in [-0.05, 0) is 41.5 Å². The van der Waals surface area contributed by atoms with E-state index in [1.807, 2.05) is 0 Å². The van der Waals surface area contributed by atoms with Gasteiger partial charge in [0.15, 0.2) is 0 Å². The van der Waals surface area contributed by atoms with Crippen LogP contribution in [0.3, 0.4) is 0 Å². The lowest BCUT2D eigenvalue weighted by Gasteiger charge is -2.35. The molecule has 3 aliphatic rings. The number of ether oxygens (including phenoxy) is 1. The second-order valence-electron chi connectivity index (χ2n) is 5.92. The Morgan fingerprint density at radius 2 is 1.80 bits per heavy atom. The lowest BCUT2D eigenvalue weighted by atomic mass is 9.94. The van der Waals surface area contributed by atoms with E-state index in [4.69, 9.17) is 4.74 Å². The molecule has 1 aliphatic heterocycles. The summed E-state index contributed by atoms with van der Waals surface area (Å²) < 4.78 is 5.53. The normalized spacial score (nSPS) is 26.8. The van der Waals surface area contributed by atoms with Gasteiger partial charge in [0.2, 0.25) is 0 Å². The number of morpholine rings is 1. The Labute approximate surface area is 120 Å². The summed E-state index contributed by atoms with van der Waals surface area (Å²) in [5.41, 5.74) is 6.20. The highest BCUT2D eigenvalue weighted by Gasteiger charge is 2.35. The number of nitrogens with zero attached hydrogens (tertiary/aromatic N) is 1. The fourth-order valence-corrected chi connectivity index (χ4v) is 3.85. The second-order valence-corrected chi connectivity index (χ2v) is 5.92. The van der Waals surface area contributed by atoms with Gasteiger partial charge in [0.05, 0.1) is 19.3 Å². The van der Waals surface area contributed by atoms with E-state index in [0.29, 0.717) is 6.04 Å². The molecule has 0 saturated carbocycles. The Morgan fingerprint density at radius 3 is 2.60 bits per heavy atom. The topological polar surface area (TPSA) is 12.5 Å². The van der Waals surface area contributed by atoms with Gasteiger partial charge in [-0.25, -0.2) is 0 Å². The Bertz CT molecular complexity index is 552. The zero-order valence-electron chi connectivity index (χ0n) is 11.8. The van der Waals surface area contributed by atoms with E-state index in [-0.39, 0.29) is 0 Å². The molecule has 0 radical (unpaired) electrons. The van der Waals surface area contributed by atoms with E-state index in [0.717, 1.165) is 26.3 Å². The molecular formula is C18H21NO. The predicted octanol–water partition coefficient (Wildman–Crippen LogP) is 3.26. The maximum absolute atomic E-state index is 5.53. The molecule has 0 spiro atoms. The first-order chi connectivity index (χ1) is 9.93. The summed E-state index contributed by atoms with van der Waals surface area (Å²) in [6.45, 7) is 3.87. The van der Waals surface area contributed by atoms with Gasteiger partial charge in [-0.3, -0.25) is 4.90 Å². The average molecular weight is 267 g/mol. The zero-order valence-corrected chi connectivity index (χ0v) is 11.8. The molecule has 104 valence electrons. The van der Waals surface area contributed by atoms with Crippen LogP contribution in [0.4, 0.5) is 0 Å². The summed E-state index contributed by atoms with van der Waals surface area (Å²) in [5, 5.41) is 0. The van der Waals surface area contributed by atoms with E-state index >= 15 is 0 Å². The standard InChI is InChI=1S/C18H21NO/c1-2-5-14(6-3-1)17-13-15-7-4-8-16(15)18(17)19-9-11-20-12-10-19/h1-3,5-6,13,18H,4,7-12H2. The molecule has 1 aromatic carbocycles. The van der Waals surface area contributed by atoms with Crippen LogP contribution in [0.2, 0.25) is 0 Å². The van der Waals surface area contributed by atoms with Crippen molar-refractivity contribution in [1.29, 1.82) is 0 Å². The van der Waals surface area contributed by atoms with Crippen molar-refractivity contribution in [2.45, 2.75) is 25.3 Å². The third-order valence-corrected chi connectivity index (χ3v) is 4.78. The maximum atomic E-state index is 5.53. The van der Waals surface area contributed by atoms with Crippen molar-refractivity contribution >= 4 is 5.57 Å². The maximum Gasteiger partial charge on any atom is 0.0594 e. The SMILES string of the molecule is C1=C(c2ccccc2)C(N2CCOCC2)C2=C1CCC2. The molecule has 0 amide bonds. The first kappa shape index (κ1) is 12.4. The Kier molecular flexibility index (Phi) is 3.21. The molecule has 1 saturated heterocycles. The molecule has 0 N–H and O–H groups in total. The molecule has 1 heterocycles. The van der Waals surface area contributed by atoms with Crippen molar-refractivity contribution in [2.24, 2.45) is 0 Å². The first-order valence-electron chi connectivity index (χ1n) is 7.74. The van der Waals surface area contributed by atoms with Gasteiger partial charge in [0.1, 0.15) is 0 Å². The van der Waals surface area contributed by atoms with Crippen LogP contribution >= 0.6 is 0 Å². The van der Waals surface area contributed by atoms with Crippen molar-refractivity contribution in [3.8, 4) is 0 Å². The van der Waals surface area contributed by atoms with Crippen LogP contribution in [0.15, 0.2) is 47.6 Å². The van der Waals surface area contributed by atoms with E-state index in [1.165, 1.54) is 30.4 Å². The van der Waals surface area contributed by atoms with Crippen molar-refractivity contribution in [1.82, 2.24) is 4.90 Å². The number of rotatable bonds is 2. The van der Waals surface area contributed by atoms with Crippen LogP contribution in [-0.4, -0.2) is 37.2 Å². The molecule has 1 unspecified atom stereocenters. The minimum atomic E-state index is 0.513. The highest BCUT2D eigenvalue weighted by Crippen LogP contribution is 2.44. The largest absolute Gasteiger partial charge is 0.379 e. The minimum Gasteiger partial charge on any atom is -0.379 e. The van der Waals surface area contributed by atoms with Crippen LogP contribution in [0.25, 0.3) is 5.57 Å². The van der Waals surface area contributed by atoms with Crippen molar-refractivity contribution in [2.75, 3.05) is 26.3 Å². The summed E-state index contributed by atoms with van der Waals surface area (Å²) in [6.07, 6.45) is 6.36. The van der Waals surface area contributed by atoms with E-state index in [2.05, 4.69) is 41.3 Å². The molecule has 1 aromatic rings. The smallest absolute Gasteiger partial charge is 0.0594 e. The molecule has 0 aromatic heterocycles. The quantitative estimate of drug-likeness (QED) is 0.815. The van der Waals surface area contributed by atoms with Gasteiger partial charge < -0.3 is 4.74 Å². The van der Waals surface area contributed by atoms with Crippen molar-refractivity contribution in [3.05, 3.63) is 53.1 Å². The van der Waals surface area contributed by atoms with Crippen LogP contribution in [0.1, 0.15) is 24.8 Å². The van der Waals surface area contributed by atoms with Crippen molar-refractivity contribution in [3.63, 3.8) is 0 Å².